The Labute approximate surface area is 159 Å². The lowest BCUT2D eigenvalue weighted by molar-refractivity contribution is 0.0734. The maximum atomic E-state index is 12.5. The molecule has 1 aromatic heterocycles. The summed E-state index contributed by atoms with van der Waals surface area (Å²) in [6, 6.07) is 14.8. The quantitative estimate of drug-likeness (QED) is 0.380. The smallest absolute Gasteiger partial charge is 0.345 e. The Morgan fingerprint density at radius 3 is 2.74 bits per heavy atom. The molecule has 0 bridgehead atoms. The second-order valence-corrected chi connectivity index (χ2v) is 6.16. The summed E-state index contributed by atoms with van der Waals surface area (Å²) in [5.41, 5.74) is 1.41. The highest BCUT2D eigenvalue weighted by atomic mass is 35.5. The Morgan fingerprint density at radius 1 is 1.11 bits per heavy atom. The number of esters is 1. The van der Waals surface area contributed by atoms with Gasteiger partial charge in [0.2, 0.25) is 5.78 Å². The molecule has 0 fully saturated rings. The molecule has 1 aliphatic heterocycles. The summed E-state index contributed by atoms with van der Waals surface area (Å²) in [6.45, 7) is 0. The number of rotatable bonds is 3. The largest absolute Gasteiger partial charge is 0.452 e. The normalized spacial score (nSPS) is 14.0. The third-order valence-electron chi connectivity index (χ3n) is 3.93. The number of aromatic nitrogens is 1. The van der Waals surface area contributed by atoms with Crippen molar-refractivity contribution < 1.29 is 19.1 Å². The molecule has 1 aliphatic rings. The highest BCUT2D eigenvalue weighted by molar-refractivity contribution is 6.33. The number of nitrogens with zero attached hydrogens (tertiary/aromatic N) is 1. The van der Waals surface area contributed by atoms with Gasteiger partial charge in [0.25, 0.3) is 0 Å². The number of fused-ring (bicyclic) bond motifs is 1. The first-order chi connectivity index (χ1) is 13.1. The van der Waals surface area contributed by atoms with Gasteiger partial charge in [-0.05, 0) is 42.0 Å². The summed E-state index contributed by atoms with van der Waals surface area (Å²) in [5, 5.41) is 0.303. The number of carbonyl (C=O) groups is 2. The molecule has 0 saturated carbocycles. The van der Waals surface area contributed by atoms with E-state index in [1.165, 1.54) is 6.07 Å². The molecule has 0 unspecified atom stereocenters. The van der Waals surface area contributed by atoms with Gasteiger partial charge < -0.3 is 9.47 Å². The van der Waals surface area contributed by atoms with Crippen molar-refractivity contribution in [2.24, 2.45) is 0 Å². The van der Waals surface area contributed by atoms with Gasteiger partial charge in [0.15, 0.2) is 5.76 Å². The number of pyridine rings is 1. The first-order valence-electron chi connectivity index (χ1n) is 8.07. The SMILES string of the molecule is O=C(Oc1ccc2c(c1)OC(=Cc1cccnc1)C2=O)c1ccccc1Cl. The van der Waals surface area contributed by atoms with Crippen molar-refractivity contribution in [2.45, 2.75) is 0 Å². The van der Waals surface area contributed by atoms with Gasteiger partial charge in [0, 0.05) is 18.5 Å². The molecule has 0 radical (unpaired) electrons. The van der Waals surface area contributed by atoms with Crippen molar-refractivity contribution >= 4 is 29.4 Å². The maximum absolute atomic E-state index is 12.5. The predicted octanol–water partition coefficient (Wildman–Crippen LogP) is 4.57. The first-order valence-corrected chi connectivity index (χ1v) is 8.44. The number of Topliss-reactive ketones (excluding diaryl/α,β-unsaturated/α-hetero) is 1. The van der Waals surface area contributed by atoms with E-state index in [0.717, 1.165) is 5.56 Å². The van der Waals surface area contributed by atoms with Crippen molar-refractivity contribution in [2.75, 3.05) is 0 Å². The second kappa shape index (κ2) is 7.05. The Morgan fingerprint density at radius 2 is 1.96 bits per heavy atom. The minimum absolute atomic E-state index is 0.188. The fraction of sp³-hybridized carbons (Fsp3) is 0. The van der Waals surface area contributed by atoms with E-state index in [0.29, 0.717) is 16.3 Å². The fourth-order valence-corrected chi connectivity index (χ4v) is 2.85. The molecule has 0 amide bonds. The van der Waals surface area contributed by atoms with Crippen LogP contribution in [0.25, 0.3) is 6.08 Å². The molecule has 132 valence electrons. The van der Waals surface area contributed by atoms with E-state index in [2.05, 4.69) is 4.98 Å². The Kier molecular flexibility index (Phi) is 4.44. The number of carbonyl (C=O) groups excluding carboxylic acids is 2. The van der Waals surface area contributed by atoms with Gasteiger partial charge in [-0.2, -0.15) is 0 Å². The lowest BCUT2D eigenvalue weighted by Gasteiger charge is -2.06. The van der Waals surface area contributed by atoms with Gasteiger partial charge in [0.05, 0.1) is 16.1 Å². The topological polar surface area (TPSA) is 65.5 Å². The van der Waals surface area contributed by atoms with Crippen LogP contribution >= 0.6 is 11.6 Å². The standard InChI is InChI=1S/C21H12ClNO4/c22-17-6-2-1-5-15(17)21(25)26-14-7-8-16-18(11-14)27-19(20(16)24)10-13-4-3-9-23-12-13/h1-12H. The van der Waals surface area contributed by atoms with Gasteiger partial charge in [-0.3, -0.25) is 9.78 Å². The van der Waals surface area contributed by atoms with Crippen LogP contribution in [-0.2, 0) is 0 Å². The molecule has 0 spiro atoms. The highest BCUT2D eigenvalue weighted by Crippen LogP contribution is 2.35. The van der Waals surface area contributed by atoms with Crippen LogP contribution in [0.1, 0.15) is 26.3 Å². The minimum Gasteiger partial charge on any atom is -0.452 e. The summed E-state index contributed by atoms with van der Waals surface area (Å²) in [7, 11) is 0. The van der Waals surface area contributed by atoms with E-state index in [1.54, 1.807) is 60.9 Å². The molecule has 5 nitrogen and oxygen atoms in total. The Balaban J connectivity index is 1.57. The molecule has 0 N–H and O–H groups in total. The number of ether oxygens (including phenoxy) is 2. The van der Waals surface area contributed by atoms with Gasteiger partial charge in [0.1, 0.15) is 11.5 Å². The zero-order chi connectivity index (χ0) is 18.8. The maximum Gasteiger partial charge on any atom is 0.345 e. The van der Waals surface area contributed by atoms with Crippen molar-refractivity contribution in [1.29, 1.82) is 0 Å². The van der Waals surface area contributed by atoms with Gasteiger partial charge in [-0.15, -0.1) is 0 Å². The number of allylic oxidation sites excluding steroid dienone is 1. The van der Waals surface area contributed by atoms with Crippen LogP contribution in [0.2, 0.25) is 5.02 Å². The third kappa shape index (κ3) is 3.45. The summed E-state index contributed by atoms with van der Waals surface area (Å²) in [5.74, 6) is -0.0462. The summed E-state index contributed by atoms with van der Waals surface area (Å²) >= 11 is 6.01. The van der Waals surface area contributed by atoms with Crippen LogP contribution < -0.4 is 9.47 Å². The van der Waals surface area contributed by atoms with Crippen molar-refractivity contribution in [3.05, 3.63) is 94.5 Å². The molecular formula is C21H12ClNO4. The van der Waals surface area contributed by atoms with E-state index in [9.17, 15) is 9.59 Å². The molecule has 6 heteroatoms. The molecular weight excluding hydrogens is 366 g/mol. The lowest BCUT2D eigenvalue weighted by atomic mass is 10.1. The number of hydrogen-bond donors (Lipinski definition) is 0. The summed E-state index contributed by atoms with van der Waals surface area (Å²) in [4.78, 5) is 28.7. The van der Waals surface area contributed by atoms with Crippen molar-refractivity contribution in [3.63, 3.8) is 0 Å². The first kappa shape index (κ1) is 17.0. The average Bonchev–Trinajstić information content (AvgIpc) is 2.98. The van der Waals surface area contributed by atoms with Crippen molar-refractivity contribution in [1.82, 2.24) is 4.98 Å². The van der Waals surface area contributed by atoms with Crippen LogP contribution in [0, 0.1) is 0 Å². The van der Waals surface area contributed by atoms with Gasteiger partial charge >= 0.3 is 5.97 Å². The molecule has 3 aromatic rings. The van der Waals surface area contributed by atoms with Crippen LogP contribution in [-0.4, -0.2) is 16.7 Å². The van der Waals surface area contributed by atoms with Crippen LogP contribution in [0.15, 0.2) is 72.8 Å². The lowest BCUT2D eigenvalue weighted by Crippen LogP contribution is -2.09. The fourth-order valence-electron chi connectivity index (χ4n) is 2.63. The number of hydrogen-bond acceptors (Lipinski definition) is 5. The van der Waals surface area contributed by atoms with E-state index in [1.807, 2.05) is 6.07 Å². The molecule has 2 aromatic carbocycles. The van der Waals surface area contributed by atoms with Gasteiger partial charge in [-0.25, -0.2) is 4.79 Å². The average molecular weight is 378 g/mol. The number of ketones is 1. The Bertz CT molecular complexity index is 1080. The van der Waals surface area contributed by atoms with E-state index in [-0.39, 0.29) is 22.9 Å². The molecule has 4 rings (SSSR count). The summed E-state index contributed by atoms with van der Waals surface area (Å²) in [6.07, 6.45) is 4.89. The molecule has 0 saturated heterocycles. The molecule has 0 aliphatic carbocycles. The molecule has 27 heavy (non-hydrogen) atoms. The van der Waals surface area contributed by atoms with Crippen molar-refractivity contribution in [3.8, 4) is 11.5 Å². The number of benzene rings is 2. The zero-order valence-electron chi connectivity index (χ0n) is 13.9. The molecule has 2 heterocycles. The second-order valence-electron chi connectivity index (χ2n) is 5.75. The van der Waals surface area contributed by atoms with E-state index in [4.69, 9.17) is 21.1 Å². The van der Waals surface area contributed by atoms with Gasteiger partial charge in [-0.1, -0.05) is 29.8 Å². The number of halogens is 1. The zero-order valence-corrected chi connectivity index (χ0v) is 14.6. The minimum atomic E-state index is -0.587. The van der Waals surface area contributed by atoms with Crippen LogP contribution in [0.4, 0.5) is 0 Å². The predicted molar refractivity (Wildman–Crippen MR) is 100 cm³/mol. The van der Waals surface area contributed by atoms with E-state index >= 15 is 0 Å². The van der Waals surface area contributed by atoms with E-state index < -0.39 is 5.97 Å². The monoisotopic (exact) mass is 377 g/mol. The summed E-state index contributed by atoms with van der Waals surface area (Å²) < 4.78 is 11.0. The molecule has 0 atom stereocenters. The van der Waals surface area contributed by atoms with Crippen LogP contribution in [0.3, 0.4) is 0 Å². The van der Waals surface area contributed by atoms with Crippen LogP contribution in [0.5, 0.6) is 11.5 Å². The highest BCUT2D eigenvalue weighted by Gasteiger charge is 2.28. The third-order valence-corrected chi connectivity index (χ3v) is 4.26. The Hall–Kier alpha value is -3.44.